The van der Waals surface area contributed by atoms with Crippen molar-refractivity contribution in [3.63, 3.8) is 0 Å². The number of anilines is 1. The molecule has 0 saturated carbocycles. The first-order valence-electron chi connectivity index (χ1n) is 11.0. The number of carbonyl (C=O) groups is 4. The second-order valence-electron chi connectivity index (χ2n) is 9.12. The average molecular weight is 444 g/mol. The number of benzene rings is 1. The summed E-state index contributed by atoms with van der Waals surface area (Å²) in [5, 5.41) is 2.87. The minimum atomic E-state index is -0.748. The zero-order chi connectivity index (χ0) is 23.6. The number of amides is 3. The number of hydrogen-bond donors (Lipinski definition) is 2. The fourth-order valence-electron chi connectivity index (χ4n) is 4.55. The molecule has 3 atom stereocenters. The number of nitrogens with one attached hydrogen (secondary N) is 1. The van der Waals surface area contributed by atoms with Crippen LogP contribution in [-0.4, -0.2) is 85.2 Å². The molecule has 2 saturated heterocycles. The van der Waals surface area contributed by atoms with E-state index in [1.807, 2.05) is 45.0 Å². The van der Waals surface area contributed by atoms with Gasteiger partial charge in [-0.25, -0.2) is 0 Å². The van der Waals surface area contributed by atoms with Crippen LogP contribution in [0.5, 0.6) is 0 Å². The van der Waals surface area contributed by atoms with Crippen molar-refractivity contribution in [3.8, 4) is 0 Å². The molecule has 1 aromatic rings. The fraction of sp³-hybridized carbons (Fsp3) is 0.565. The van der Waals surface area contributed by atoms with E-state index < -0.39 is 12.1 Å². The first-order valence-corrected chi connectivity index (χ1v) is 11.0. The van der Waals surface area contributed by atoms with Crippen molar-refractivity contribution in [2.45, 2.75) is 44.8 Å². The molecular formula is C23H33N5O4. The van der Waals surface area contributed by atoms with Crippen molar-refractivity contribution in [2.75, 3.05) is 38.6 Å². The zero-order valence-corrected chi connectivity index (χ0v) is 19.2. The van der Waals surface area contributed by atoms with Crippen molar-refractivity contribution in [2.24, 2.45) is 11.7 Å². The molecule has 174 valence electrons. The van der Waals surface area contributed by atoms with Gasteiger partial charge in [0.1, 0.15) is 12.1 Å². The predicted octanol–water partition coefficient (Wildman–Crippen LogP) is 0.237. The summed E-state index contributed by atoms with van der Waals surface area (Å²) in [6.07, 6.45) is 0.982. The van der Waals surface area contributed by atoms with Crippen LogP contribution in [0.25, 0.3) is 0 Å². The fourth-order valence-corrected chi connectivity index (χ4v) is 4.55. The van der Waals surface area contributed by atoms with E-state index in [-0.39, 0.29) is 48.6 Å². The van der Waals surface area contributed by atoms with Gasteiger partial charge in [-0.3, -0.25) is 19.2 Å². The normalized spacial score (nSPS) is 21.0. The third-order valence-electron chi connectivity index (χ3n) is 6.16. The van der Waals surface area contributed by atoms with E-state index in [0.29, 0.717) is 24.9 Å². The molecular weight excluding hydrogens is 410 g/mol. The Labute approximate surface area is 188 Å². The lowest BCUT2D eigenvalue weighted by molar-refractivity contribution is -0.138. The topological polar surface area (TPSA) is 116 Å². The highest BCUT2D eigenvalue weighted by Crippen LogP contribution is 2.30. The van der Waals surface area contributed by atoms with Crippen LogP contribution < -0.4 is 16.0 Å². The van der Waals surface area contributed by atoms with E-state index in [1.54, 1.807) is 17.0 Å². The third kappa shape index (κ3) is 4.77. The Morgan fingerprint density at radius 3 is 2.38 bits per heavy atom. The second kappa shape index (κ2) is 9.68. The quantitative estimate of drug-likeness (QED) is 0.624. The maximum absolute atomic E-state index is 13.4. The molecule has 0 radical (unpaired) electrons. The van der Waals surface area contributed by atoms with E-state index in [0.717, 1.165) is 5.69 Å². The number of Topliss-reactive ketones (excluding diaryl/α,β-unsaturated/α-hetero) is 1. The summed E-state index contributed by atoms with van der Waals surface area (Å²) in [6, 6.07) is 5.40. The van der Waals surface area contributed by atoms with Crippen LogP contribution in [0.2, 0.25) is 0 Å². The van der Waals surface area contributed by atoms with E-state index in [4.69, 9.17) is 5.73 Å². The molecule has 3 N–H and O–H groups in total. The highest BCUT2D eigenvalue weighted by Gasteiger charge is 2.51. The molecule has 0 bridgehead atoms. The number of likely N-dealkylation sites (tertiary alicyclic amines) is 2. The Balaban J connectivity index is 1.76. The molecule has 2 aliphatic rings. The number of rotatable bonds is 7. The van der Waals surface area contributed by atoms with E-state index in [9.17, 15) is 19.2 Å². The summed E-state index contributed by atoms with van der Waals surface area (Å²) in [7, 11) is 3.84. The van der Waals surface area contributed by atoms with Gasteiger partial charge in [-0.2, -0.15) is 0 Å². The van der Waals surface area contributed by atoms with Gasteiger partial charge in [-0.1, -0.05) is 13.8 Å². The second-order valence-corrected chi connectivity index (χ2v) is 9.12. The van der Waals surface area contributed by atoms with Gasteiger partial charge in [0.25, 0.3) is 5.91 Å². The molecule has 3 amide bonds. The Morgan fingerprint density at radius 1 is 1.16 bits per heavy atom. The van der Waals surface area contributed by atoms with Gasteiger partial charge >= 0.3 is 0 Å². The van der Waals surface area contributed by atoms with Gasteiger partial charge in [0, 0.05) is 31.9 Å². The Hall–Kier alpha value is -2.94. The van der Waals surface area contributed by atoms with Gasteiger partial charge in [0.15, 0.2) is 5.78 Å². The van der Waals surface area contributed by atoms with Crippen LogP contribution in [0.1, 0.15) is 37.0 Å². The lowest BCUT2D eigenvalue weighted by Gasteiger charge is -2.29. The van der Waals surface area contributed by atoms with Gasteiger partial charge in [0.05, 0.1) is 19.1 Å². The molecule has 1 unspecified atom stereocenters. The summed E-state index contributed by atoms with van der Waals surface area (Å²) in [6.45, 7) is 4.15. The number of ketones is 1. The summed E-state index contributed by atoms with van der Waals surface area (Å²) in [5.41, 5.74) is 6.91. The van der Waals surface area contributed by atoms with Gasteiger partial charge in [0.2, 0.25) is 11.8 Å². The van der Waals surface area contributed by atoms with Crippen LogP contribution in [0.4, 0.5) is 5.69 Å². The molecule has 2 aliphatic heterocycles. The Kier molecular flexibility index (Phi) is 7.18. The monoisotopic (exact) mass is 443 g/mol. The molecule has 0 spiro atoms. The summed E-state index contributed by atoms with van der Waals surface area (Å²) in [5.74, 6) is -0.888. The van der Waals surface area contributed by atoms with Crippen LogP contribution in [0.15, 0.2) is 24.3 Å². The molecule has 2 heterocycles. The van der Waals surface area contributed by atoms with Crippen LogP contribution in [-0.2, 0) is 14.4 Å². The van der Waals surface area contributed by atoms with Crippen molar-refractivity contribution < 1.29 is 19.2 Å². The number of hydrogen-bond acceptors (Lipinski definition) is 6. The smallest absolute Gasteiger partial charge is 0.251 e. The third-order valence-corrected chi connectivity index (χ3v) is 6.16. The summed E-state index contributed by atoms with van der Waals surface area (Å²) < 4.78 is 0. The van der Waals surface area contributed by atoms with Gasteiger partial charge in [-0.15, -0.1) is 0 Å². The van der Waals surface area contributed by atoms with Crippen molar-refractivity contribution in [1.29, 1.82) is 0 Å². The van der Waals surface area contributed by atoms with Crippen LogP contribution >= 0.6 is 0 Å². The van der Waals surface area contributed by atoms with E-state index >= 15 is 0 Å². The maximum atomic E-state index is 13.4. The van der Waals surface area contributed by atoms with Crippen molar-refractivity contribution in [3.05, 3.63) is 29.8 Å². The molecule has 0 aromatic heterocycles. The lowest BCUT2D eigenvalue weighted by Crippen LogP contribution is -2.53. The molecule has 9 heteroatoms. The van der Waals surface area contributed by atoms with Crippen LogP contribution in [0.3, 0.4) is 0 Å². The molecule has 0 aliphatic carbocycles. The molecule has 3 rings (SSSR count). The minimum Gasteiger partial charge on any atom is -0.378 e. The Morgan fingerprint density at radius 2 is 1.81 bits per heavy atom. The first kappa shape index (κ1) is 23.7. The molecule has 9 nitrogen and oxygen atoms in total. The lowest BCUT2D eigenvalue weighted by atomic mass is 10.0. The highest BCUT2D eigenvalue weighted by atomic mass is 16.2. The highest BCUT2D eigenvalue weighted by molar-refractivity contribution is 6.01. The zero-order valence-electron chi connectivity index (χ0n) is 19.2. The number of nitrogens with two attached hydrogens (primary N) is 1. The number of nitrogens with zero attached hydrogens (tertiary/aromatic N) is 3. The van der Waals surface area contributed by atoms with Gasteiger partial charge in [-0.05, 0) is 43.0 Å². The first-order chi connectivity index (χ1) is 15.1. The summed E-state index contributed by atoms with van der Waals surface area (Å²) in [4.78, 5) is 56.1. The molecule has 32 heavy (non-hydrogen) atoms. The van der Waals surface area contributed by atoms with Crippen molar-refractivity contribution >= 4 is 29.2 Å². The number of fused-ring (bicyclic) bond motifs is 1. The maximum Gasteiger partial charge on any atom is 0.251 e. The standard InChI is InChI=1S/C23H33N5O4/c1-14(2)11-17(25-22(31)15-5-7-16(8-6-15)26(3)4)23(32)27-10-9-18-21(27)19(29)13-28(18)20(30)12-24/h5-8,14,17-18,21H,9-13,24H2,1-4H3,(H,25,31)/t17-,18?,21-/m0/s1. The van der Waals surface area contributed by atoms with Crippen LogP contribution in [0, 0.1) is 5.92 Å². The van der Waals surface area contributed by atoms with Crippen molar-refractivity contribution in [1.82, 2.24) is 15.1 Å². The van der Waals surface area contributed by atoms with E-state index in [1.165, 1.54) is 4.90 Å². The van der Waals surface area contributed by atoms with Gasteiger partial charge < -0.3 is 25.8 Å². The molecule has 2 fully saturated rings. The average Bonchev–Trinajstić information content (AvgIpc) is 3.33. The molecule has 1 aromatic carbocycles. The Bertz CT molecular complexity index is 883. The summed E-state index contributed by atoms with van der Waals surface area (Å²) >= 11 is 0. The SMILES string of the molecule is CC(C)C[C@H](NC(=O)c1ccc(N(C)C)cc1)C(=O)N1CCC2[C@H]1C(=O)CN2C(=O)CN. The minimum absolute atomic E-state index is 0.0193. The largest absolute Gasteiger partial charge is 0.378 e. The predicted molar refractivity (Wildman–Crippen MR) is 121 cm³/mol. The van der Waals surface area contributed by atoms with E-state index in [2.05, 4.69) is 5.32 Å². The number of carbonyl (C=O) groups excluding carboxylic acids is 4.